The molecule has 1 aromatic carbocycles. The van der Waals surface area contributed by atoms with Crippen LogP contribution in [0.25, 0.3) is 0 Å². The van der Waals surface area contributed by atoms with E-state index < -0.39 is 15.9 Å². The molecule has 2 N–H and O–H groups in total. The maximum absolute atomic E-state index is 13.2. The van der Waals surface area contributed by atoms with Gasteiger partial charge in [-0.3, -0.25) is 4.90 Å². The maximum Gasteiger partial charge on any atom is 0.331 e. The predicted molar refractivity (Wildman–Crippen MR) is 118 cm³/mol. The molecule has 0 aromatic heterocycles. The Morgan fingerprint density at radius 3 is 2.47 bits per heavy atom. The molecule has 4 rings (SSSR count). The lowest BCUT2D eigenvalue weighted by molar-refractivity contribution is 0.251. The van der Waals surface area contributed by atoms with E-state index in [-0.39, 0.29) is 5.54 Å². The van der Waals surface area contributed by atoms with Gasteiger partial charge in [0, 0.05) is 16.6 Å². The number of aryl methyl sites for hydroxylation is 2. The number of nitrogens with zero attached hydrogens (tertiary/aromatic N) is 3. The maximum atomic E-state index is 13.2. The van der Waals surface area contributed by atoms with Crippen LogP contribution in [0.15, 0.2) is 21.9 Å². The van der Waals surface area contributed by atoms with Crippen molar-refractivity contribution >= 4 is 21.6 Å². The number of rotatable bonds is 4. The van der Waals surface area contributed by atoms with Crippen LogP contribution in [0.4, 0.5) is 10.5 Å². The number of likely N-dealkylation sites (N-methyl/N-ethyl adjacent to an activating group) is 1. The van der Waals surface area contributed by atoms with Gasteiger partial charge < -0.3 is 5.32 Å². The third-order valence-electron chi connectivity index (χ3n) is 6.79. The Kier molecular flexibility index (Phi) is 5.60. The minimum absolute atomic E-state index is 0.257. The van der Waals surface area contributed by atoms with Gasteiger partial charge in [-0.15, -0.1) is 0 Å². The molecule has 1 fully saturated rings. The SMILES string of the molecule is CN1CCC[C@@]1(C)/C=C/S(=O)(=NC#N)NC(=O)Nc1c2c(cc3c1CCC3)CCC2. The molecule has 0 radical (unpaired) electrons. The van der Waals surface area contributed by atoms with Crippen LogP contribution in [0, 0.1) is 11.5 Å². The number of carbonyl (C=O) groups is 1. The summed E-state index contributed by atoms with van der Waals surface area (Å²) in [5.74, 6) is 0. The normalized spacial score (nSPS) is 24.8. The van der Waals surface area contributed by atoms with Crippen LogP contribution in [0.3, 0.4) is 0 Å². The fourth-order valence-corrected chi connectivity index (χ4v) is 6.05. The van der Waals surface area contributed by atoms with Crippen molar-refractivity contribution in [2.45, 2.75) is 63.8 Å². The first-order chi connectivity index (χ1) is 14.3. The van der Waals surface area contributed by atoms with E-state index in [1.54, 1.807) is 12.3 Å². The Bertz CT molecular complexity index is 1030. The second kappa shape index (κ2) is 8.05. The van der Waals surface area contributed by atoms with Gasteiger partial charge >= 0.3 is 6.03 Å². The van der Waals surface area contributed by atoms with E-state index in [9.17, 15) is 9.00 Å². The number of urea groups is 1. The monoisotopic (exact) mass is 427 g/mol. The van der Waals surface area contributed by atoms with E-state index in [1.165, 1.54) is 27.7 Å². The van der Waals surface area contributed by atoms with Crippen molar-refractivity contribution in [3.05, 3.63) is 39.8 Å². The zero-order valence-electron chi connectivity index (χ0n) is 17.7. The van der Waals surface area contributed by atoms with Crippen LogP contribution in [0.5, 0.6) is 0 Å². The molecule has 1 unspecified atom stereocenters. The van der Waals surface area contributed by atoms with Gasteiger partial charge in [0.1, 0.15) is 0 Å². The molecule has 2 aliphatic carbocycles. The van der Waals surface area contributed by atoms with Crippen LogP contribution in [-0.4, -0.2) is 34.3 Å². The van der Waals surface area contributed by atoms with Crippen molar-refractivity contribution in [3.63, 3.8) is 0 Å². The van der Waals surface area contributed by atoms with Crippen LogP contribution >= 0.6 is 0 Å². The average Bonchev–Trinajstić information content (AvgIpc) is 3.41. The largest absolute Gasteiger partial charge is 0.331 e. The first kappa shape index (κ1) is 20.9. The average molecular weight is 428 g/mol. The first-order valence-electron chi connectivity index (χ1n) is 10.6. The number of nitriles is 1. The minimum Gasteiger partial charge on any atom is -0.307 e. The van der Waals surface area contributed by atoms with Crippen molar-refractivity contribution in [2.75, 3.05) is 18.9 Å². The second-order valence-electron chi connectivity index (χ2n) is 8.74. The molecule has 1 aromatic rings. The Hall–Kier alpha value is -2.37. The quantitative estimate of drug-likeness (QED) is 0.717. The Labute approximate surface area is 178 Å². The lowest BCUT2D eigenvalue weighted by Gasteiger charge is -2.28. The van der Waals surface area contributed by atoms with E-state index in [2.05, 4.69) is 32.3 Å². The molecule has 1 heterocycles. The summed E-state index contributed by atoms with van der Waals surface area (Å²) in [6.45, 7) is 3.01. The molecule has 1 aliphatic heterocycles. The Balaban J connectivity index is 1.57. The number of nitrogens with one attached hydrogen (secondary N) is 2. The summed E-state index contributed by atoms with van der Waals surface area (Å²) in [5, 5.41) is 13.4. The van der Waals surface area contributed by atoms with Gasteiger partial charge in [-0.25, -0.2) is 13.7 Å². The molecule has 30 heavy (non-hydrogen) atoms. The zero-order chi connectivity index (χ0) is 21.4. The van der Waals surface area contributed by atoms with Crippen molar-refractivity contribution in [3.8, 4) is 6.19 Å². The van der Waals surface area contributed by atoms with Gasteiger partial charge in [-0.1, -0.05) is 16.5 Å². The molecule has 3 aliphatic rings. The smallest absolute Gasteiger partial charge is 0.307 e. The first-order valence-corrected chi connectivity index (χ1v) is 12.2. The zero-order valence-corrected chi connectivity index (χ0v) is 18.5. The molecular formula is C22H29N5O2S. The van der Waals surface area contributed by atoms with Gasteiger partial charge in [0.25, 0.3) is 0 Å². The van der Waals surface area contributed by atoms with E-state index in [4.69, 9.17) is 5.26 Å². The number of benzene rings is 1. The fourth-order valence-electron chi connectivity index (χ4n) is 4.96. The van der Waals surface area contributed by atoms with E-state index >= 15 is 0 Å². The fraction of sp³-hybridized carbons (Fsp3) is 0.545. The number of carbonyl (C=O) groups excluding carboxylic acids is 1. The summed E-state index contributed by atoms with van der Waals surface area (Å²) in [5.41, 5.74) is 5.64. The van der Waals surface area contributed by atoms with Gasteiger partial charge in [0.2, 0.25) is 6.19 Å². The van der Waals surface area contributed by atoms with Crippen LogP contribution < -0.4 is 10.0 Å². The second-order valence-corrected chi connectivity index (χ2v) is 10.5. The minimum atomic E-state index is -3.34. The highest BCUT2D eigenvalue weighted by Crippen LogP contribution is 2.38. The number of hydrogen-bond acceptors (Lipinski definition) is 5. The Morgan fingerprint density at radius 1 is 1.23 bits per heavy atom. The van der Waals surface area contributed by atoms with Crippen molar-refractivity contribution in [1.82, 2.24) is 9.62 Å². The van der Waals surface area contributed by atoms with Crippen molar-refractivity contribution in [1.29, 1.82) is 5.26 Å². The van der Waals surface area contributed by atoms with Gasteiger partial charge in [-0.05, 0) is 94.1 Å². The molecule has 8 heteroatoms. The summed E-state index contributed by atoms with van der Waals surface area (Å²) in [7, 11) is -1.33. The number of anilines is 1. The third kappa shape index (κ3) is 3.96. The van der Waals surface area contributed by atoms with E-state index in [0.29, 0.717) is 0 Å². The number of hydrogen-bond donors (Lipinski definition) is 2. The van der Waals surface area contributed by atoms with E-state index in [1.807, 2.05) is 7.05 Å². The van der Waals surface area contributed by atoms with Crippen molar-refractivity contribution in [2.24, 2.45) is 4.36 Å². The summed E-state index contributed by atoms with van der Waals surface area (Å²) in [6, 6.07) is 1.71. The highest BCUT2D eigenvalue weighted by atomic mass is 32.2. The summed E-state index contributed by atoms with van der Waals surface area (Å²) >= 11 is 0. The topological polar surface area (TPSA) is 97.6 Å². The number of likely N-dealkylation sites (tertiary alicyclic amines) is 1. The van der Waals surface area contributed by atoms with Gasteiger partial charge in [0.05, 0.1) is 0 Å². The van der Waals surface area contributed by atoms with Gasteiger partial charge in [-0.2, -0.15) is 5.26 Å². The lowest BCUT2D eigenvalue weighted by atomic mass is 9.99. The van der Waals surface area contributed by atoms with Gasteiger partial charge in [0.15, 0.2) is 9.92 Å². The summed E-state index contributed by atoms with van der Waals surface area (Å²) in [6.07, 6.45) is 11.5. The Morgan fingerprint density at radius 2 is 1.90 bits per heavy atom. The third-order valence-corrected chi connectivity index (χ3v) is 8.12. The highest BCUT2D eigenvalue weighted by molar-refractivity contribution is 7.95. The molecular weight excluding hydrogens is 398 g/mol. The molecule has 0 saturated carbocycles. The summed E-state index contributed by atoms with van der Waals surface area (Å²) < 4.78 is 19.2. The molecule has 2 atom stereocenters. The molecule has 2 amide bonds. The van der Waals surface area contributed by atoms with Crippen LogP contribution in [0.1, 0.15) is 54.9 Å². The molecule has 160 valence electrons. The summed E-state index contributed by atoms with van der Waals surface area (Å²) in [4.78, 5) is 15.0. The molecule has 7 nitrogen and oxygen atoms in total. The standard InChI is InChI=1S/C22H29N5O2S/c1-22(10-5-12-27(22)2)11-13-30(29,24-15-23)26-21(28)25-20-18-8-3-6-16(18)14-17-7-4-9-19(17)20/h11,13-14H,3-10,12H2,1-2H3,(H2,24,25,26,28,29)/b13-11+/t22-,30?/m0/s1. The number of amides is 2. The molecule has 0 bridgehead atoms. The predicted octanol–water partition coefficient (Wildman–Crippen LogP) is 3.65. The van der Waals surface area contributed by atoms with Crippen LogP contribution in [-0.2, 0) is 35.6 Å². The van der Waals surface area contributed by atoms with E-state index in [0.717, 1.165) is 63.6 Å². The van der Waals surface area contributed by atoms with Crippen LogP contribution in [0.2, 0.25) is 0 Å². The number of fused-ring (bicyclic) bond motifs is 2. The molecule has 0 spiro atoms. The molecule has 1 saturated heterocycles. The highest BCUT2D eigenvalue weighted by Gasteiger charge is 2.32. The lowest BCUT2D eigenvalue weighted by Crippen LogP contribution is -2.37. The van der Waals surface area contributed by atoms with Crippen molar-refractivity contribution < 1.29 is 9.00 Å².